The van der Waals surface area contributed by atoms with Crippen LogP contribution >= 0.6 is 11.8 Å². The monoisotopic (exact) mass is 328 g/mol. The van der Waals surface area contributed by atoms with Crippen molar-refractivity contribution in [3.8, 4) is 5.75 Å². The van der Waals surface area contributed by atoms with E-state index in [9.17, 15) is 4.79 Å². The number of nitrogens with one attached hydrogen (secondary N) is 1. The maximum Gasteiger partial charge on any atom is 0.311 e. The first kappa shape index (κ1) is 15.5. The van der Waals surface area contributed by atoms with Crippen molar-refractivity contribution in [2.75, 3.05) is 5.75 Å². The molecule has 0 aliphatic carbocycles. The molecule has 7 heteroatoms. The van der Waals surface area contributed by atoms with Gasteiger partial charge in [-0.2, -0.15) is 0 Å². The number of nitrogens with zero attached hydrogens (tertiary/aromatic N) is 3. The Balaban J connectivity index is 1.39. The van der Waals surface area contributed by atoms with Crippen molar-refractivity contribution in [1.82, 2.24) is 19.9 Å². The fraction of sp³-hybridized carbons (Fsp3) is 0.250. The molecule has 23 heavy (non-hydrogen) atoms. The highest BCUT2D eigenvalue weighted by atomic mass is 32.2. The minimum Gasteiger partial charge on any atom is -0.427 e. The van der Waals surface area contributed by atoms with Crippen LogP contribution in [0.4, 0.5) is 0 Å². The van der Waals surface area contributed by atoms with Gasteiger partial charge in [0.2, 0.25) is 0 Å². The second kappa shape index (κ2) is 7.73. The molecule has 0 saturated heterocycles. The molecular formula is C16H16N4O2S. The van der Waals surface area contributed by atoms with Crippen molar-refractivity contribution < 1.29 is 9.53 Å². The predicted molar refractivity (Wildman–Crippen MR) is 88.3 cm³/mol. The van der Waals surface area contributed by atoms with E-state index >= 15 is 0 Å². The molecule has 6 nitrogen and oxygen atoms in total. The molecular weight excluding hydrogens is 312 g/mol. The summed E-state index contributed by atoms with van der Waals surface area (Å²) in [6.45, 7) is 0. The maximum absolute atomic E-state index is 11.7. The zero-order chi connectivity index (χ0) is 15.9. The Labute approximate surface area is 137 Å². The fourth-order valence-corrected chi connectivity index (χ4v) is 3.02. The molecule has 1 aromatic carbocycles. The summed E-state index contributed by atoms with van der Waals surface area (Å²) in [7, 11) is 0. The molecule has 118 valence electrons. The Morgan fingerprint density at radius 1 is 1.13 bits per heavy atom. The van der Waals surface area contributed by atoms with Crippen LogP contribution < -0.4 is 4.74 Å². The Bertz CT molecular complexity index is 776. The van der Waals surface area contributed by atoms with Gasteiger partial charge in [-0.25, -0.2) is 15.0 Å². The number of aromatic nitrogens is 4. The summed E-state index contributed by atoms with van der Waals surface area (Å²) in [5.74, 6) is 1.28. The lowest BCUT2D eigenvalue weighted by Gasteiger charge is -2.04. The number of H-pyrrole nitrogens is 1. The number of benzene rings is 1. The number of unbranched alkanes of at least 4 members (excludes halogenated alkanes) is 1. The normalized spacial score (nSPS) is 10.8. The van der Waals surface area contributed by atoms with Crippen LogP contribution in [-0.4, -0.2) is 31.7 Å². The van der Waals surface area contributed by atoms with Crippen molar-refractivity contribution in [2.24, 2.45) is 0 Å². The minimum absolute atomic E-state index is 0.195. The molecule has 2 aromatic heterocycles. The molecule has 0 aliphatic heterocycles. The van der Waals surface area contributed by atoms with Crippen LogP contribution in [0.2, 0.25) is 0 Å². The van der Waals surface area contributed by atoms with E-state index in [-0.39, 0.29) is 5.97 Å². The Morgan fingerprint density at radius 3 is 2.87 bits per heavy atom. The standard InChI is InChI=1S/C16H16N4O2S/c21-13(22-12-6-2-1-3-7-12)8-4-5-9-23-16-14-15(18-10-17-14)19-11-20-16/h1-3,6-7,10-11H,4-5,8-9H2,(H,17,18,19,20). The lowest BCUT2D eigenvalue weighted by Crippen LogP contribution is -2.07. The first-order chi connectivity index (χ1) is 11.3. The van der Waals surface area contributed by atoms with Gasteiger partial charge in [0, 0.05) is 6.42 Å². The summed E-state index contributed by atoms with van der Waals surface area (Å²) in [6.07, 6.45) is 5.24. The molecule has 0 saturated carbocycles. The Kier molecular flexibility index (Phi) is 5.21. The number of rotatable bonds is 7. The van der Waals surface area contributed by atoms with E-state index in [1.165, 1.54) is 6.33 Å². The van der Waals surface area contributed by atoms with E-state index < -0.39 is 0 Å². The van der Waals surface area contributed by atoms with Crippen LogP contribution in [0.15, 0.2) is 48.0 Å². The number of fused-ring (bicyclic) bond motifs is 1. The first-order valence-corrected chi connectivity index (χ1v) is 8.34. The maximum atomic E-state index is 11.7. The third-order valence-corrected chi connectivity index (χ3v) is 4.25. The zero-order valence-electron chi connectivity index (χ0n) is 12.4. The summed E-state index contributed by atoms with van der Waals surface area (Å²) >= 11 is 1.64. The van der Waals surface area contributed by atoms with Gasteiger partial charge in [0.15, 0.2) is 5.65 Å². The lowest BCUT2D eigenvalue weighted by atomic mass is 10.2. The number of hydrogen-bond donors (Lipinski definition) is 1. The smallest absolute Gasteiger partial charge is 0.311 e. The molecule has 3 rings (SSSR count). The number of carbonyl (C=O) groups excluding carboxylic acids is 1. The highest BCUT2D eigenvalue weighted by Gasteiger charge is 2.07. The number of thioether (sulfide) groups is 1. The van der Waals surface area contributed by atoms with Crippen molar-refractivity contribution in [1.29, 1.82) is 0 Å². The summed E-state index contributed by atoms with van der Waals surface area (Å²) in [4.78, 5) is 27.2. The fourth-order valence-electron chi connectivity index (χ4n) is 2.06. The molecule has 0 aliphatic rings. The number of ether oxygens (including phenoxy) is 1. The second-order valence-corrected chi connectivity index (χ2v) is 5.96. The van der Waals surface area contributed by atoms with E-state index in [0.29, 0.717) is 17.8 Å². The minimum atomic E-state index is -0.195. The quantitative estimate of drug-likeness (QED) is 0.236. The average Bonchev–Trinajstić information content (AvgIpc) is 3.05. The summed E-state index contributed by atoms with van der Waals surface area (Å²) in [5, 5.41) is 0.888. The van der Waals surface area contributed by atoms with Crippen LogP contribution in [-0.2, 0) is 4.79 Å². The van der Waals surface area contributed by atoms with Crippen LogP contribution in [0.3, 0.4) is 0 Å². The topological polar surface area (TPSA) is 80.8 Å². The summed E-state index contributed by atoms with van der Waals surface area (Å²) < 4.78 is 5.25. The summed E-state index contributed by atoms with van der Waals surface area (Å²) in [5.41, 5.74) is 1.54. The second-order valence-electron chi connectivity index (χ2n) is 4.87. The third kappa shape index (κ3) is 4.29. The van der Waals surface area contributed by atoms with Gasteiger partial charge in [0.05, 0.1) is 6.33 Å². The number of aromatic amines is 1. The SMILES string of the molecule is O=C(CCCCSc1ncnc2nc[nH]c12)Oc1ccccc1. The van der Waals surface area contributed by atoms with Gasteiger partial charge in [-0.3, -0.25) is 4.79 Å². The summed E-state index contributed by atoms with van der Waals surface area (Å²) in [6, 6.07) is 9.13. The van der Waals surface area contributed by atoms with E-state index in [4.69, 9.17) is 4.74 Å². The van der Waals surface area contributed by atoms with Gasteiger partial charge in [-0.05, 0) is 30.7 Å². The molecule has 1 N–H and O–H groups in total. The van der Waals surface area contributed by atoms with Crippen molar-refractivity contribution in [2.45, 2.75) is 24.3 Å². The molecule has 0 amide bonds. The first-order valence-electron chi connectivity index (χ1n) is 7.35. The highest BCUT2D eigenvalue weighted by molar-refractivity contribution is 7.99. The van der Waals surface area contributed by atoms with Gasteiger partial charge in [0.1, 0.15) is 22.6 Å². The molecule has 0 unspecified atom stereocenters. The molecule has 3 aromatic rings. The zero-order valence-corrected chi connectivity index (χ0v) is 13.3. The van der Waals surface area contributed by atoms with E-state index in [1.54, 1.807) is 30.2 Å². The number of carbonyl (C=O) groups is 1. The van der Waals surface area contributed by atoms with Gasteiger partial charge in [-0.15, -0.1) is 11.8 Å². The van der Waals surface area contributed by atoms with Gasteiger partial charge in [0.25, 0.3) is 0 Å². The van der Waals surface area contributed by atoms with E-state index in [0.717, 1.165) is 29.1 Å². The van der Waals surface area contributed by atoms with Crippen LogP contribution in [0.25, 0.3) is 11.2 Å². The van der Waals surface area contributed by atoms with E-state index in [1.807, 2.05) is 18.2 Å². The third-order valence-electron chi connectivity index (χ3n) is 3.18. The van der Waals surface area contributed by atoms with Gasteiger partial charge >= 0.3 is 5.97 Å². The van der Waals surface area contributed by atoms with Gasteiger partial charge < -0.3 is 9.72 Å². The molecule has 0 bridgehead atoms. The largest absolute Gasteiger partial charge is 0.427 e. The number of imidazole rings is 1. The van der Waals surface area contributed by atoms with Crippen LogP contribution in [0.1, 0.15) is 19.3 Å². The predicted octanol–water partition coefficient (Wildman–Crippen LogP) is 3.22. The number of para-hydroxylation sites is 1. The lowest BCUT2D eigenvalue weighted by molar-refractivity contribution is -0.134. The molecule has 0 atom stereocenters. The average molecular weight is 328 g/mol. The van der Waals surface area contributed by atoms with E-state index in [2.05, 4.69) is 19.9 Å². The molecule has 0 spiro atoms. The number of esters is 1. The molecule has 2 heterocycles. The van der Waals surface area contributed by atoms with Crippen LogP contribution in [0, 0.1) is 0 Å². The van der Waals surface area contributed by atoms with Crippen molar-refractivity contribution in [3.05, 3.63) is 43.0 Å². The number of hydrogen-bond acceptors (Lipinski definition) is 6. The molecule has 0 radical (unpaired) electrons. The molecule has 0 fully saturated rings. The van der Waals surface area contributed by atoms with Gasteiger partial charge in [-0.1, -0.05) is 18.2 Å². The van der Waals surface area contributed by atoms with Crippen LogP contribution in [0.5, 0.6) is 5.75 Å². The highest BCUT2D eigenvalue weighted by Crippen LogP contribution is 2.23. The Hall–Kier alpha value is -2.41. The Morgan fingerprint density at radius 2 is 2.00 bits per heavy atom. The van der Waals surface area contributed by atoms with Crippen molar-refractivity contribution >= 4 is 28.9 Å². The van der Waals surface area contributed by atoms with Crippen molar-refractivity contribution in [3.63, 3.8) is 0 Å².